The average molecular weight is 264 g/mol. The minimum absolute atomic E-state index is 0.103. The highest BCUT2D eigenvalue weighted by molar-refractivity contribution is 5.54. The van der Waals surface area contributed by atoms with E-state index in [2.05, 4.69) is 17.1 Å². The van der Waals surface area contributed by atoms with Crippen molar-refractivity contribution in [2.75, 3.05) is 18.5 Å². The van der Waals surface area contributed by atoms with E-state index in [-0.39, 0.29) is 5.82 Å². The maximum Gasteiger partial charge on any atom is 0.146 e. The largest absolute Gasteiger partial charge is 0.372 e. The lowest BCUT2D eigenvalue weighted by molar-refractivity contribution is 0.608. The molecule has 1 fully saturated rings. The second-order valence-corrected chi connectivity index (χ2v) is 5.53. The molecule has 0 heterocycles. The van der Waals surface area contributed by atoms with Gasteiger partial charge in [-0.05, 0) is 30.9 Å². The Labute approximate surface area is 116 Å². The van der Waals surface area contributed by atoms with E-state index in [1.165, 1.54) is 25.7 Å². The molecule has 1 aliphatic rings. The highest BCUT2D eigenvalue weighted by atomic mass is 19.1. The van der Waals surface area contributed by atoms with Crippen LogP contribution in [0.15, 0.2) is 18.2 Å². The summed E-state index contributed by atoms with van der Waals surface area (Å²) < 4.78 is 14.1. The van der Waals surface area contributed by atoms with E-state index < -0.39 is 0 Å². The van der Waals surface area contributed by atoms with E-state index in [0.717, 1.165) is 30.8 Å². The lowest BCUT2D eigenvalue weighted by atomic mass is 10.1. The number of benzene rings is 1. The summed E-state index contributed by atoms with van der Waals surface area (Å²) in [6, 6.07) is 6.06. The molecule has 19 heavy (non-hydrogen) atoms. The van der Waals surface area contributed by atoms with Crippen LogP contribution in [0.1, 0.15) is 44.6 Å². The third-order valence-corrected chi connectivity index (χ3v) is 3.71. The minimum atomic E-state index is -0.103. The smallest absolute Gasteiger partial charge is 0.146 e. The van der Waals surface area contributed by atoms with E-state index in [1.807, 2.05) is 19.2 Å². The van der Waals surface area contributed by atoms with E-state index in [1.54, 1.807) is 6.07 Å². The molecule has 106 valence electrons. The maximum absolute atomic E-state index is 14.1. The van der Waals surface area contributed by atoms with Gasteiger partial charge in [-0.25, -0.2) is 4.39 Å². The summed E-state index contributed by atoms with van der Waals surface area (Å²) in [5.74, 6) is -0.103. The third kappa shape index (κ3) is 4.20. The van der Waals surface area contributed by atoms with Gasteiger partial charge >= 0.3 is 0 Å². The first-order valence-corrected chi connectivity index (χ1v) is 7.44. The lowest BCUT2D eigenvalue weighted by Gasteiger charge is -2.23. The Balaban J connectivity index is 2.02. The highest BCUT2D eigenvalue weighted by Crippen LogP contribution is 2.26. The van der Waals surface area contributed by atoms with Crippen molar-refractivity contribution in [2.45, 2.75) is 51.6 Å². The summed E-state index contributed by atoms with van der Waals surface area (Å²) >= 11 is 0. The van der Waals surface area contributed by atoms with Gasteiger partial charge in [0.2, 0.25) is 0 Å². The second-order valence-electron chi connectivity index (χ2n) is 5.53. The third-order valence-electron chi connectivity index (χ3n) is 3.71. The van der Waals surface area contributed by atoms with Crippen LogP contribution in [0.4, 0.5) is 10.1 Å². The molecule has 0 unspecified atom stereocenters. The number of nitrogens with zero attached hydrogens (tertiary/aromatic N) is 1. The molecule has 1 N–H and O–H groups in total. The predicted octanol–water partition coefficient (Wildman–Crippen LogP) is 3.70. The van der Waals surface area contributed by atoms with Gasteiger partial charge in [0.25, 0.3) is 0 Å². The average Bonchev–Trinajstić information content (AvgIpc) is 3.20. The van der Waals surface area contributed by atoms with Gasteiger partial charge in [0.1, 0.15) is 5.82 Å². The van der Waals surface area contributed by atoms with Gasteiger partial charge in [0.15, 0.2) is 0 Å². The Morgan fingerprint density at radius 1 is 1.32 bits per heavy atom. The van der Waals surface area contributed by atoms with Crippen LogP contribution in [-0.2, 0) is 6.54 Å². The van der Waals surface area contributed by atoms with Crippen LogP contribution in [0.25, 0.3) is 0 Å². The van der Waals surface area contributed by atoms with Crippen molar-refractivity contribution in [3.8, 4) is 0 Å². The van der Waals surface area contributed by atoms with Crippen LogP contribution >= 0.6 is 0 Å². The summed E-state index contributed by atoms with van der Waals surface area (Å²) in [5, 5.41) is 3.47. The Hall–Kier alpha value is -1.09. The molecule has 0 aliphatic heterocycles. The van der Waals surface area contributed by atoms with Gasteiger partial charge in [-0.3, -0.25) is 0 Å². The number of halogens is 1. The first kappa shape index (κ1) is 14.3. The van der Waals surface area contributed by atoms with Gasteiger partial charge in [-0.2, -0.15) is 0 Å². The number of hydrogen-bond acceptors (Lipinski definition) is 2. The number of hydrogen-bond donors (Lipinski definition) is 1. The van der Waals surface area contributed by atoms with Crippen molar-refractivity contribution >= 4 is 5.69 Å². The van der Waals surface area contributed by atoms with Crippen molar-refractivity contribution < 1.29 is 4.39 Å². The molecule has 2 nitrogen and oxygen atoms in total. The van der Waals surface area contributed by atoms with E-state index in [9.17, 15) is 4.39 Å². The lowest BCUT2D eigenvalue weighted by Crippen LogP contribution is -2.24. The SMILES string of the molecule is CCCCCN(C)c1c(F)cccc1CNC1CC1. The molecular formula is C16H25FN2. The van der Waals surface area contributed by atoms with Crippen molar-refractivity contribution in [1.82, 2.24) is 5.32 Å². The minimum Gasteiger partial charge on any atom is -0.372 e. The monoisotopic (exact) mass is 264 g/mol. The molecule has 0 radical (unpaired) electrons. The summed E-state index contributed by atoms with van der Waals surface area (Å²) in [6.07, 6.45) is 6.04. The number of anilines is 1. The zero-order chi connectivity index (χ0) is 13.7. The first-order chi connectivity index (χ1) is 9.22. The molecule has 0 bridgehead atoms. The zero-order valence-electron chi connectivity index (χ0n) is 12.1. The molecule has 0 amide bonds. The van der Waals surface area contributed by atoms with Crippen molar-refractivity contribution in [2.24, 2.45) is 0 Å². The Morgan fingerprint density at radius 2 is 2.11 bits per heavy atom. The zero-order valence-corrected chi connectivity index (χ0v) is 12.1. The first-order valence-electron chi connectivity index (χ1n) is 7.44. The summed E-state index contributed by atoms with van der Waals surface area (Å²) in [6.45, 7) is 3.88. The molecular weight excluding hydrogens is 239 g/mol. The predicted molar refractivity (Wildman–Crippen MR) is 79.1 cm³/mol. The molecule has 0 saturated heterocycles. The molecule has 1 saturated carbocycles. The van der Waals surface area contributed by atoms with Gasteiger partial charge in [-0.15, -0.1) is 0 Å². The standard InChI is InChI=1S/C16H25FN2/c1-3-4-5-11-19(2)16-13(7-6-8-15(16)17)12-18-14-9-10-14/h6-8,14,18H,3-5,9-12H2,1-2H3. The molecule has 0 aromatic heterocycles. The van der Waals surface area contributed by atoms with Gasteiger partial charge in [-0.1, -0.05) is 31.9 Å². The summed E-state index contributed by atoms with van der Waals surface area (Å²) in [5.41, 5.74) is 1.85. The Bertz CT molecular complexity index is 402. The number of nitrogens with one attached hydrogen (secondary N) is 1. The van der Waals surface area contributed by atoms with Gasteiger partial charge in [0.05, 0.1) is 5.69 Å². The Morgan fingerprint density at radius 3 is 2.79 bits per heavy atom. The number of para-hydroxylation sites is 1. The van der Waals surface area contributed by atoms with E-state index >= 15 is 0 Å². The molecule has 1 aromatic rings. The quantitative estimate of drug-likeness (QED) is 0.720. The molecule has 0 atom stereocenters. The fourth-order valence-electron chi connectivity index (χ4n) is 2.38. The van der Waals surface area contributed by atoms with Crippen LogP contribution in [0.2, 0.25) is 0 Å². The molecule has 2 rings (SSSR count). The topological polar surface area (TPSA) is 15.3 Å². The molecule has 1 aromatic carbocycles. The van der Waals surface area contributed by atoms with Crippen LogP contribution in [0.5, 0.6) is 0 Å². The van der Waals surface area contributed by atoms with E-state index in [4.69, 9.17) is 0 Å². The molecule has 3 heteroatoms. The van der Waals surface area contributed by atoms with Crippen LogP contribution < -0.4 is 10.2 Å². The highest BCUT2D eigenvalue weighted by Gasteiger charge is 2.21. The number of rotatable bonds is 8. The maximum atomic E-state index is 14.1. The van der Waals surface area contributed by atoms with Crippen LogP contribution in [0, 0.1) is 5.82 Å². The van der Waals surface area contributed by atoms with Crippen LogP contribution in [-0.4, -0.2) is 19.6 Å². The van der Waals surface area contributed by atoms with E-state index in [0.29, 0.717) is 6.04 Å². The molecule has 1 aliphatic carbocycles. The van der Waals surface area contributed by atoms with Gasteiger partial charge < -0.3 is 10.2 Å². The fraction of sp³-hybridized carbons (Fsp3) is 0.625. The summed E-state index contributed by atoms with van der Waals surface area (Å²) in [4.78, 5) is 2.06. The van der Waals surface area contributed by atoms with Crippen molar-refractivity contribution in [1.29, 1.82) is 0 Å². The summed E-state index contributed by atoms with van der Waals surface area (Å²) in [7, 11) is 1.99. The molecule has 0 spiro atoms. The fourth-order valence-corrected chi connectivity index (χ4v) is 2.38. The van der Waals surface area contributed by atoms with Crippen molar-refractivity contribution in [3.05, 3.63) is 29.6 Å². The number of unbranched alkanes of at least 4 members (excludes halogenated alkanes) is 2. The Kier molecular flexibility index (Phi) is 5.20. The van der Waals surface area contributed by atoms with Gasteiger partial charge in [0, 0.05) is 26.2 Å². The second kappa shape index (κ2) is 6.90. The van der Waals surface area contributed by atoms with Crippen LogP contribution in [0.3, 0.4) is 0 Å². The van der Waals surface area contributed by atoms with Crippen molar-refractivity contribution in [3.63, 3.8) is 0 Å². The normalized spacial score (nSPS) is 14.7.